The highest BCUT2D eigenvalue weighted by atomic mass is 16.2. The second-order valence-electron chi connectivity index (χ2n) is 10.0. The molecule has 1 fully saturated rings. The zero-order chi connectivity index (χ0) is 25.8. The lowest BCUT2D eigenvalue weighted by molar-refractivity contribution is -0.123. The summed E-state index contributed by atoms with van der Waals surface area (Å²) in [5.74, 6) is 0.927. The molecule has 2 atom stereocenters. The third-order valence-corrected chi connectivity index (χ3v) is 7.33. The molecule has 37 heavy (non-hydrogen) atoms. The van der Waals surface area contributed by atoms with Crippen molar-refractivity contribution in [1.82, 2.24) is 34.7 Å². The number of aromatic nitrogens is 7. The van der Waals surface area contributed by atoms with Gasteiger partial charge in [0.2, 0.25) is 0 Å². The normalized spacial score (nSPS) is 18.2. The summed E-state index contributed by atoms with van der Waals surface area (Å²) in [6, 6.07) is 11.6. The predicted molar refractivity (Wildman–Crippen MR) is 141 cm³/mol. The molecule has 0 aliphatic heterocycles. The van der Waals surface area contributed by atoms with E-state index in [9.17, 15) is 9.59 Å². The number of aryl methyl sites for hydroxylation is 1. The Bertz CT molecular complexity index is 1420. The molecule has 1 aliphatic carbocycles. The summed E-state index contributed by atoms with van der Waals surface area (Å²) in [6.45, 7) is 4.60. The maximum absolute atomic E-state index is 13.7. The molecule has 0 saturated heterocycles. The Balaban J connectivity index is 1.48. The molecule has 9 heteroatoms. The van der Waals surface area contributed by atoms with Crippen LogP contribution in [0.2, 0.25) is 0 Å². The molecule has 2 unspecified atom stereocenters. The van der Waals surface area contributed by atoms with Crippen molar-refractivity contribution in [2.75, 3.05) is 0 Å². The molecule has 3 heterocycles. The first-order valence-electron chi connectivity index (χ1n) is 13.2. The van der Waals surface area contributed by atoms with Crippen molar-refractivity contribution < 1.29 is 4.79 Å². The number of nitrogens with zero attached hydrogens (tertiary/aromatic N) is 6. The summed E-state index contributed by atoms with van der Waals surface area (Å²) in [4.78, 5) is 31.3. The molecular formula is C28H33N7O2. The van der Waals surface area contributed by atoms with Gasteiger partial charge in [-0.05, 0) is 71.4 Å². The van der Waals surface area contributed by atoms with E-state index in [0.29, 0.717) is 18.8 Å². The quantitative estimate of drug-likeness (QED) is 0.355. The van der Waals surface area contributed by atoms with Gasteiger partial charge in [0.25, 0.3) is 0 Å². The first-order chi connectivity index (χ1) is 18.0. The van der Waals surface area contributed by atoms with E-state index in [2.05, 4.69) is 39.5 Å². The van der Waals surface area contributed by atoms with Crippen LogP contribution in [0.4, 0.5) is 0 Å². The first kappa shape index (κ1) is 24.8. The zero-order valence-corrected chi connectivity index (χ0v) is 21.4. The van der Waals surface area contributed by atoms with Gasteiger partial charge in [0, 0.05) is 30.1 Å². The van der Waals surface area contributed by atoms with Crippen LogP contribution in [0, 0.1) is 5.92 Å². The molecule has 1 N–H and O–H groups in total. The highest BCUT2D eigenvalue weighted by Crippen LogP contribution is 2.30. The van der Waals surface area contributed by atoms with Crippen molar-refractivity contribution in [3.8, 4) is 22.5 Å². The molecule has 1 aliphatic rings. The second-order valence-corrected chi connectivity index (χ2v) is 10.0. The Labute approximate surface area is 216 Å². The molecule has 1 aromatic carbocycles. The lowest BCUT2D eigenvalue weighted by Crippen LogP contribution is -2.34. The summed E-state index contributed by atoms with van der Waals surface area (Å²) >= 11 is 0. The van der Waals surface area contributed by atoms with Crippen LogP contribution >= 0.6 is 0 Å². The number of Topliss-reactive ketones (excluding diaryl/α,β-unsaturated/α-hetero) is 1. The van der Waals surface area contributed by atoms with Crippen molar-refractivity contribution in [3.05, 3.63) is 70.7 Å². The number of aromatic amines is 1. The summed E-state index contributed by atoms with van der Waals surface area (Å²) in [5.41, 5.74) is 4.52. The second kappa shape index (κ2) is 11.0. The zero-order valence-electron chi connectivity index (χ0n) is 21.4. The minimum absolute atomic E-state index is 0.120. The molecule has 1 saturated carbocycles. The molecule has 192 valence electrons. The maximum atomic E-state index is 13.7. The van der Waals surface area contributed by atoms with Gasteiger partial charge in [-0.1, -0.05) is 44.9 Å². The van der Waals surface area contributed by atoms with Gasteiger partial charge in [-0.25, -0.2) is 9.89 Å². The number of carbonyl (C=O) groups is 1. The highest BCUT2D eigenvalue weighted by Gasteiger charge is 2.31. The number of benzene rings is 1. The smallest absolute Gasteiger partial charge is 0.297 e. The summed E-state index contributed by atoms with van der Waals surface area (Å²) in [7, 11) is 0. The summed E-state index contributed by atoms with van der Waals surface area (Å²) in [5, 5.41) is 14.1. The minimum atomic E-state index is -0.385. The fourth-order valence-corrected chi connectivity index (χ4v) is 5.33. The SMILES string of the molecule is CCCCc1cn(C2C(=O)CCCCC2C)c(=O)n1Cc1cc(-c2cccc(-c3nnn[nH]3)c2)ccn1. The Morgan fingerprint density at radius 3 is 2.73 bits per heavy atom. The van der Waals surface area contributed by atoms with E-state index in [1.807, 2.05) is 47.2 Å². The van der Waals surface area contributed by atoms with Crippen LogP contribution in [0.1, 0.15) is 69.8 Å². The number of imidazole rings is 1. The van der Waals surface area contributed by atoms with Crippen molar-refractivity contribution in [3.63, 3.8) is 0 Å². The van der Waals surface area contributed by atoms with Gasteiger partial charge < -0.3 is 0 Å². The number of tetrazole rings is 1. The number of hydrogen-bond acceptors (Lipinski definition) is 6. The number of hydrogen-bond donors (Lipinski definition) is 1. The topological polar surface area (TPSA) is 111 Å². The third-order valence-electron chi connectivity index (χ3n) is 7.33. The molecule has 0 amide bonds. The van der Waals surface area contributed by atoms with Gasteiger partial charge in [-0.3, -0.25) is 18.9 Å². The largest absolute Gasteiger partial charge is 0.329 e. The average Bonchev–Trinajstić information content (AvgIpc) is 3.51. The van der Waals surface area contributed by atoms with Gasteiger partial charge in [-0.2, -0.15) is 0 Å². The number of rotatable bonds is 8. The molecule has 0 bridgehead atoms. The third kappa shape index (κ3) is 5.30. The van der Waals surface area contributed by atoms with Gasteiger partial charge in [-0.15, -0.1) is 5.10 Å². The van der Waals surface area contributed by atoms with E-state index in [-0.39, 0.29) is 23.4 Å². The van der Waals surface area contributed by atoms with Crippen LogP contribution in [0.5, 0.6) is 0 Å². The number of nitrogens with one attached hydrogen (secondary N) is 1. The molecule has 0 spiro atoms. The van der Waals surface area contributed by atoms with Crippen LogP contribution in [-0.4, -0.2) is 40.5 Å². The lowest BCUT2D eigenvalue weighted by Gasteiger charge is -2.20. The van der Waals surface area contributed by atoms with E-state index >= 15 is 0 Å². The lowest BCUT2D eigenvalue weighted by atomic mass is 9.96. The predicted octanol–water partition coefficient (Wildman–Crippen LogP) is 4.60. The number of H-pyrrole nitrogens is 1. The van der Waals surface area contributed by atoms with E-state index < -0.39 is 0 Å². The molecule has 3 aromatic heterocycles. The van der Waals surface area contributed by atoms with Gasteiger partial charge in [0.1, 0.15) is 0 Å². The van der Waals surface area contributed by atoms with Crippen molar-refractivity contribution >= 4 is 5.78 Å². The standard InChI is InChI=1S/C28H33N7O2/c1-3-4-11-24-18-35(26-19(2)8-5-6-12-25(26)36)28(37)34(24)17-23-16-21(13-14-29-23)20-9-7-10-22(15-20)27-30-32-33-31-27/h7,9-10,13-16,18-19,26H,3-6,8,11-12,17H2,1-2H3,(H,30,31,32,33). The number of pyridine rings is 1. The Hall–Kier alpha value is -3.88. The van der Waals surface area contributed by atoms with Crippen LogP contribution in [0.3, 0.4) is 0 Å². The fraction of sp³-hybridized carbons (Fsp3) is 0.429. The minimum Gasteiger partial charge on any atom is -0.297 e. The van der Waals surface area contributed by atoms with Crippen LogP contribution < -0.4 is 5.69 Å². The van der Waals surface area contributed by atoms with Gasteiger partial charge in [0.05, 0.1) is 18.3 Å². The van der Waals surface area contributed by atoms with Gasteiger partial charge in [0.15, 0.2) is 11.6 Å². The van der Waals surface area contributed by atoms with Crippen LogP contribution in [-0.2, 0) is 17.8 Å². The van der Waals surface area contributed by atoms with Crippen molar-refractivity contribution in [1.29, 1.82) is 0 Å². The molecule has 9 nitrogen and oxygen atoms in total. The molecule has 5 rings (SSSR count). The number of carbonyl (C=O) groups excluding carboxylic acids is 1. The number of ketones is 1. The van der Waals surface area contributed by atoms with Crippen molar-refractivity contribution in [2.45, 2.75) is 71.4 Å². The maximum Gasteiger partial charge on any atom is 0.329 e. The average molecular weight is 500 g/mol. The van der Waals surface area contributed by atoms with E-state index in [0.717, 1.165) is 66.6 Å². The molecule has 0 radical (unpaired) electrons. The van der Waals surface area contributed by atoms with E-state index in [1.165, 1.54) is 0 Å². The summed E-state index contributed by atoms with van der Waals surface area (Å²) < 4.78 is 3.52. The van der Waals surface area contributed by atoms with E-state index in [1.54, 1.807) is 10.8 Å². The van der Waals surface area contributed by atoms with Gasteiger partial charge >= 0.3 is 5.69 Å². The Morgan fingerprint density at radius 2 is 1.92 bits per heavy atom. The molecular weight excluding hydrogens is 466 g/mol. The monoisotopic (exact) mass is 499 g/mol. The summed E-state index contributed by atoms with van der Waals surface area (Å²) in [6.07, 6.45) is 9.96. The molecule has 4 aromatic rings. The fourth-order valence-electron chi connectivity index (χ4n) is 5.33. The van der Waals surface area contributed by atoms with Crippen molar-refractivity contribution in [2.24, 2.45) is 5.92 Å². The number of unbranched alkanes of at least 4 members (excludes halogenated alkanes) is 1. The Kier molecular flexibility index (Phi) is 7.39. The van der Waals surface area contributed by atoms with E-state index in [4.69, 9.17) is 0 Å². The van der Waals surface area contributed by atoms with Crippen LogP contribution in [0.15, 0.2) is 53.6 Å². The first-order valence-corrected chi connectivity index (χ1v) is 13.2. The highest BCUT2D eigenvalue weighted by molar-refractivity contribution is 5.83. The van der Waals surface area contributed by atoms with Crippen LogP contribution in [0.25, 0.3) is 22.5 Å². The Morgan fingerprint density at radius 1 is 1.08 bits per heavy atom.